The standard InChI is InChI=1S/C16H24O2SSi2/c1-20(2,3)17-15-12-14(13-10-8-7-9-11-13)16(19-15)18-21(4,5)6/h7-12H,1-6H3. The van der Waals surface area contributed by atoms with Gasteiger partial charge in [0.05, 0.1) is 0 Å². The summed E-state index contributed by atoms with van der Waals surface area (Å²) in [5.74, 6) is 0. The van der Waals surface area contributed by atoms with E-state index >= 15 is 0 Å². The second-order valence-electron chi connectivity index (χ2n) is 7.06. The zero-order valence-corrected chi connectivity index (χ0v) is 16.5. The minimum Gasteiger partial charge on any atom is -0.537 e. The summed E-state index contributed by atoms with van der Waals surface area (Å²) in [5, 5.41) is 1.97. The van der Waals surface area contributed by atoms with Gasteiger partial charge in [0, 0.05) is 11.6 Å². The summed E-state index contributed by atoms with van der Waals surface area (Å²) in [6, 6.07) is 12.5. The summed E-state index contributed by atoms with van der Waals surface area (Å²) in [4.78, 5) is 0. The van der Waals surface area contributed by atoms with Crippen molar-refractivity contribution < 1.29 is 8.85 Å². The predicted molar refractivity (Wildman–Crippen MR) is 97.7 cm³/mol. The van der Waals surface area contributed by atoms with Crippen LogP contribution in [0.4, 0.5) is 0 Å². The van der Waals surface area contributed by atoms with Gasteiger partial charge < -0.3 is 8.85 Å². The molecule has 0 bridgehead atoms. The maximum absolute atomic E-state index is 6.28. The van der Waals surface area contributed by atoms with E-state index in [9.17, 15) is 0 Å². The molecule has 0 fully saturated rings. The lowest BCUT2D eigenvalue weighted by atomic mass is 10.1. The Labute approximate surface area is 134 Å². The van der Waals surface area contributed by atoms with E-state index in [0.717, 1.165) is 15.7 Å². The number of hydrogen-bond donors (Lipinski definition) is 0. The highest BCUT2D eigenvalue weighted by molar-refractivity contribution is 7.16. The monoisotopic (exact) mass is 336 g/mol. The Hall–Kier alpha value is -1.05. The number of hydrogen-bond acceptors (Lipinski definition) is 3. The van der Waals surface area contributed by atoms with Gasteiger partial charge in [-0.1, -0.05) is 41.7 Å². The molecule has 0 atom stereocenters. The van der Waals surface area contributed by atoms with Gasteiger partial charge in [-0.2, -0.15) is 0 Å². The summed E-state index contributed by atoms with van der Waals surface area (Å²) >= 11 is 1.63. The van der Waals surface area contributed by atoms with E-state index in [1.807, 2.05) is 6.07 Å². The summed E-state index contributed by atoms with van der Waals surface area (Å²) in [5.41, 5.74) is 2.34. The van der Waals surface area contributed by atoms with E-state index in [1.54, 1.807) is 11.3 Å². The summed E-state index contributed by atoms with van der Waals surface area (Å²) in [6.45, 7) is 13.2. The quantitative estimate of drug-likeness (QED) is 0.638. The largest absolute Gasteiger partial charge is 0.537 e. The molecule has 0 saturated heterocycles. The maximum atomic E-state index is 6.28. The van der Waals surface area contributed by atoms with Crippen molar-refractivity contribution in [1.29, 1.82) is 0 Å². The van der Waals surface area contributed by atoms with E-state index in [4.69, 9.17) is 8.85 Å². The summed E-state index contributed by atoms with van der Waals surface area (Å²) in [7, 11) is -3.24. The fourth-order valence-electron chi connectivity index (χ4n) is 1.88. The van der Waals surface area contributed by atoms with E-state index in [0.29, 0.717) is 0 Å². The highest BCUT2D eigenvalue weighted by atomic mass is 32.1. The van der Waals surface area contributed by atoms with Crippen molar-refractivity contribution in [2.75, 3.05) is 0 Å². The average molecular weight is 337 g/mol. The van der Waals surface area contributed by atoms with Crippen LogP contribution < -0.4 is 8.85 Å². The van der Waals surface area contributed by atoms with Crippen molar-refractivity contribution in [2.24, 2.45) is 0 Å². The van der Waals surface area contributed by atoms with Gasteiger partial charge in [0.2, 0.25) is 16.6 Å². The molecule has 0 spiro atoms. The van der Waals surface area contributed by atoms with Crippen LogP contribution in [0.5, 0.6) is 10.1 Å². The fourth-order valence-corrected chi connectivity index (χ4v) is 5.69. The lowest BCUT2D eigenvalue weighted by Gasteiger charge is -2.19. The van der Waals surface area contributed by atoms with Gasteiger partial charge in [0.25, 0.3) is 0 Å². The fraction of sp³-hybridized carbons (Fsp3) is 0.375. The molecule has 0 amide bonds. The summed E-state index contributed by atoms with van der Waals surface area (Å²) < 4.78 is 12.4. The molecular weight excluding hydrogens is 312 g/mol. The van der Waals surface area contributed by atoms with Crippen LogP contribution in [0, 0.1) is 0 Å². The van der Waals surface area contributed by atoms with Crippen LogP contribution >= 0.6 is 11.3 Å². The molecule has 1 aromatic carbocycles. The van der Waals surface area contributed by atoms with Crippen LogP contribution in [-0.4, -0.2) is 16.6 Å². The SMILES string of the molecule is C[Si](C)(C)Oc1cc(-c2ccccc2)c(O[Si](C)(C)C)s1. The lowest BCUT2D eigenvalue weighted by molar-refractivity contribution is 0.571. The Bertz CT molecular complexity index is 595. The Morgan fingerprint density at radius 3 is 1.90 bits per heavy atom. The van der Waals surface area contributed by atoms with Crippen molar-refractivity contribution in [3.63, 3.8) is 0 Å². The van der Waals surface area contributed by atoms with Gasteiger partial charge in [-0.25, -0.2) is 0 Å². The summed E-state index contributed by atoms with van der Waals surface area (Å²) in [6.07, 6.45) is 0. The highest BCUT2D eigenvalue weighted by Crippen LogP contribution is 2.44. The number of benzene rings is 1. The normalized spacial score (nSPS) is 12.3. The molecule has 1 aromatic heterocycles. The van der Waals surface area contributed by atoms with Gasteiger partial charge in [0.1, 0.15) is 0 Å². The molecular formula is C16H24O2SSi2. The number of rotatable bonds is 5. The average Bonchev–Trinajstić information content (AvgIpc) is 2.68. The Balaban J connectivity index is 2.41. The van der Waals surface area contributed by atoms with Crippen LogP contribution in [-0.2, 0) is 0 Å². The highest BCUT2D eigenvalue weighted by Gasteiger charge is 2.24. The Morgan fingerprint density at radius 1 is 0.810 bits per heavy atom. The molecule has 2 aromatic rings. The third-order valence-electron chi connectivity index (χ3n) is 2.57. The second kappa shape index (κ2) is 5.98. The molecule has 1 heterocycles. The Kier molecular flexibility index (Phi) is 4.65. The molecule has 0 aliphatic rings. The molecule has 5 heteroatoms. The van der Waals surface area contributed by atoms with E-state index < -0.39 is 16.6 Å². The predicted octanol–water partition coefficient (Wildman–Crippen LogP) is 5.84. The first-order chi connectivity index (χ1) is 9.64. The molecule has 0 radical (unpaired) electrons. The first kappa shape index (κ1) is 16.3. The molecule has 0 aliphatic carbocycles. The smallest absolute Gasteiger partial charge is 0.243 e. The molecule has 2 rings (SSSR count). The van der Waals surface area contributed by atoms with Crippen molar-refractivity contribution in [2.45, 2.75) is 39.3 Å². The number of thiophene rings is 1. The molecule has 0 aliphatic heterocycles. The maximum Gasteiger partial charge on any atom is 0.243 e. The van der Waals surface area contributed by atoms with Gasteiger partial charge >= 0.3 is 0 Å². The van der Waals surface area contributed by atoms with E-state index in [1.165, 1.54) is 5.56 Å². The van der Waals surface area contributed by atoms with E-state index in [2.05, 4.69) is 69.6 Å². The molecule has 0 unspecified atom stereocenters. The first-order valence-electron chi connectivity index (χ1n) is 7.21. The van der Waals surface area contributed by atoms with Crippen LogP contribution in [0.15, 0.2) is 36.4 Å². The van der Waals surface area contributed by atoms with Gasteiger partial charge in [0.15, 0.2) is 10.1 Å². The molecule has 2 nitrogen and oxygen atoms in total. The van der Waals surface area contributed by atoms with Crippen LogP contribution in [0.2, 0.25) is 39.3 Å². The lowest BCUT2D eigenvalue weighted by Crippen LogP contribution is -2.29. The Morgan fingerprint density at radius 2 is 1.38 bits per heavy atom. The van der Waals surface area contributed by atoms with Crippen molar-refractivity contribution >= 4 is 28.0 Å². The third kappa shape index (κ3) is 5.02. The second-order valence-corrected chi connectivity index (χ2v) is 16.9. The topological polar surface area (TPSA) is 18.5 Å². The van der Waals surface area contributed by atoms with Gasteiger partial charge in [-0.15, -0.1) is 0 Å². The molecule has 21 heavy (non-hydrogen) atoms. The molecule has 114 valence electrons. The van der Waals surface area contributed by atoms with Crippen molar-refractivity contribution in [3.05, 3.63) is 36.4 Å². The van der Waals surface area contributed by atoms with Gasteiger partial charge in [-0.05, 0) is 44.8 Å². The minimum absolute atomic E-state index is 0.973. The van der Waals surface area contributed by atoms with Crippen LogP contribution in [0.25, 0.3) is 11.1 Å². The first-order valence-corrected chi connectivity index (χ1v) is 14.8. The van der Waals surface area contributed by atoms with Crippen LogP contribution in [0.3, 0.4) is 0 Å². The third-order valence-corrected chi connectivity index (χ3v) is 5.40. The molecule has 0 saturated carbocycles. The zero-order chi connectivity index (χ0) is 15.7. The minimum atomic E-state index is -1.64. The van der Waals surface area contributed by atoms with Crippen molar-refractivity contribution in [3.8, 4) is 21.3 Å². The van der Waals surface area contributed by atoms with E-state index in [-0.39, 0.29) is 0 Å². The van der Waals surface area contributed by atoms with Crippen molar-refractivity contribution in [1.82, 2.24) is 0 Å². The van der Waals surface area contributed by atoms with Gasteiger partial charge in [-0.3, -0.25) is 0 Å². The molecule has 0 N–H and O–H groups in total. The van der Waals surface area contributed by atoms with Crippen LogP contribution in [0.1, 0.15) is 0 Å². The zero-order valence-electron chi connectivity index (χ0n) is 13.7.